The van der Waals surface area contributed by atoms with Gasteiger partial charge in [0, 0.05) is 23.6 Å². The van der Waals surface area contributed by atoms with Gasteiger partial charge in [-0.3, -0.25) is 9.78 Å². The van der Waals surface area contributed by atoms with E-state index in [1.807, 2.05) is 24.3 Å². The first-order valence-corrected chi connectivity index (χ1v) is 8.17. The van der Waals surface area contributed by atoms with E-state index >= 15 is 0 Å². The van der Waals surface area contributed by atoms with Crippen LogP contribution in [-0.4, -0.2) is 33.4 Å². The summed E-state index contributed by atoms with van der Waals surface area (Å²) < 4.78 is 5.19. The standard InChI is InChI=1S/C19H21NO4/c1-12(21)19-15-6-3-2-5-14(15)13(11-20-19)9-10-16(22)17-7-4-8-18(23)24-17/h2-3,5-6,9-12,16-17,21-22H,4,7-8H2,1H3/b10-9+. The van der Waals surface area contributed by atoms with Crippen molar-refractivity contribution in [2.75, 3.05) is 0 Å². The van der Waals surface area contributed by atoms with Crippen LogP contribution in [0.3, 0.4) is 0 Å². The molecule has 1 fully saturated rings. The van der Waals surface area contributed by atoms with Crippen LogP contribution in [0.2, 0.25) is 0 Å². The molecule has 0 radical (unpaired) electrons. The summed E-state index contributed by atoms with van der Waals surface area (Å²) in [4.78, 5) is 15.7. The zero-order chi connectivity index (χ0) is 17.1. The second-order valence-corrected chi connectivity index (χ2v) is 6.09. The van der Waals surface area contributed by atoms with Gasteiger partial charge in [-0.2, -0.15) is 0 Å². The fourth-order valence-corrected chi connectivity index (χ4v) is 3.00. The van der Waals surface area contributed by atoms with Gasteiger partial charge in [-0.15, -0.1) is 0 Å². The van der Waals surface area contributed by atoms with Crippen LogP contribution in [0, 0.1) is 0 Å². The third-order valence-corrected chi connectivity index (χ3v) is 4.26. The Morgan fingerprint density at radius 2 is 2.04 bits per heavy atom. The van der Waals surface area contributed by atoms with Crippen LogP contribution in [0.1, 0.15) is 43.5 Å². The number of hydrogen-bond donors (Lipinski definition) is 2. The molecule has 0 spiro atoms. The molecule has 1 saturated heterocycles. The van der Waals surface area contributed by atoms with Crippen molar-refractivity contribution in [1.82, 2.24) is 4.98 Å². The van der Waals surface area contributed by atoms with Gasteiger partial charge in [0.1, 0.15) is 12.2 Å². The molecule has 24 heavy (non-hydrogen) atoms. The van der Waals surface area contributed by atoms with Gasteiger partial charge < -0.3 is 14.9 Å². The van der Waals surface area contributed by atoms with Gasteiger partial charge in [-0.25, -0.2) is 0 Å². The van der Waals surface area contributed by atoms with Crippen molar-refractivity contribution in [1.29, 1.82) is 0 Å². The molecule has 1 aromatic carbocycles. The third kappa shape index (κ3) is 3.47. The minimum Gasteiger partial charge on any atom is -0.459 e. The molecule has 5 nitrogen and oxygen atoms in total. The summed E-state index contributed by atoms with van der Waals surface area (Å²) in [5.41, 5.74) is 1.47. The first kappa shape index (κ1) is 16.6. The average molecular weight is 327 g/mol. The van der Waals surface area contributed by atoms with Gasteiger partial charge in [0.15, 0.2) is 0 Å². The number of cyclic esters (lactones) is 1. The summed E-state index contributed by atoms with van der Waals surface area (Å²) in [6.07, 6.45) is 4.94. The Kier molecular flexibility index (Phi) is 4.92. The van der Waals surface area contributed by atoms with Crippen molar-refractivity contribution < 1.29 is 19.7 Å². The number of pyridine rings is 1. The predicted molar refractivity (Wildman–Crippen MR) is 91.1 cm³/mol. The van der Waals surface area contributed by atoms with Crippen LogP contribution in [0.5, 0.6) is 0 Å². The van der Waals surface area contributed by atoms with Crippen LogP contribution in [0.15, 0.2) is 36.5 Å². The van der Waals surface area contributed by atoms with Crippen molar-refractivity contribution in [3.05, 3.63) is 47.8 Å². The Morgan fingerprint density at radius 1 is 1.29 bits per heavy atom. The number of aromatic nitrogens is 1. The molecule has 2 aromatic rings. The number of carbonyl (C=O) groups excluding carboxylic acids is 1. The van der Waals surface area contributed by atoms with Crippen molar-refractivity contribution in [2.45, 2.75) is 44.5 Å². The van der Waals surface area contributed by atoms with Gasteiger partial charge in [0.25, 0.3) is 0 Å². The second kappa shape index (κ2) is 7.11. The number of nitrogens with zero attached hydrogens (tertiary/aromatic N) is 1. The lowest BCUT2D eigenvalue weighted by molar-refractivity contribution is -0.158. The van der Waals surface area contributed by atoms with Gasteiger partial charge in [-0.1, -0.05) is 36.4 Å². The summed E-state index contributed by atoms with van der Waals surface area (Å²) in [5.74, 6) is -0.257. The van der Waals surface area contributed by atoms with Crippen molar-refractivity contribution in [3.8, 4) is 0 Å². The van der Waals surface area contributed by atoms with E-state index in [9.17, 15) is 15.0 Å². The largest absolute Gasteiger partial charge is 0.459 e. The summed E-state index contributed by atoms with van der Waals surface area (Å²) in [6, 6.07) is 7.70. The molecule has 126 valence electrons. The molecule has 3 unspecified atom stereocenters. The van der Waals surface area contributed by atoms with E-state index < -0.39 is 18.3 Å². The molecule has 1 aliphatic heterocycles. The Balaban J connectivity index is 1.87. The highest BCUT2D eigenvalue weighted by atomic mass is 16.6. The maximum Gasteiger partial charge on any atom is 0.306 e. The Bertz CT molecular complexity index is 769. The molecule has 0 amide bonds. The minimum absolute atomic E-state index is 0.257. The van der Waals surface area contributed by atoms with Crippen LogP contribution >= 0.6 is 0 Å². The van der Waals surface area contributed by atoms with Crippen LogP contribution in [-0.2, 0) is 9.53 Å². The molecule has 3 atom stereocenters. The molecule has 0 bridgehead atoms. The second-order valence-electron chi connectivity index (χ2n) is 6.09. The quantitative estimate of drug-likeness (QED) is 0.844. The summed E-state index contributed by atoms with van der Waals surface area (Å²) in [6.45, 7) is 1.69. The fourth-order valence-electron chi connectivity index (χ4n) is 3.00. The van der Waals surface area contributed by atoms with E-state index in [1.165, 1.54) is 0 Å². The highest BCUT2D eigenvalue weighted by Crippen LogP contribution is 2.26. The van der Waals surface area contributed by atoms with E-state index in [4.69, 9.17) is 4.74 Å². The number of carbonyl (C=O) groups is 1. The molecule has 1 aliphatic rings. The first-order chi connectivity index (χ1) is 11.6. The highest BCUT2D eigenvalue weighted by molar-refractivity contribution is 5.92. The Labute approximate surface area is 140 Å². The monoisotopic (exact) mass is 327 g/mol. The molecule has 0 aliphatic carbocycles. The van der Waals surface area contributed by atoms with Gasteiger partial charge in [0.2, 0.25) is 0 Å². The zero-order valence-corrected chi connectivity index (χ0v) is 13.6. The van der Waals surface area contributed by atoms with Crippen molar-refractivity contribution >= 4 is 22.8 Å². The van der Waals surface area contributed by atoms with E-state index in [1.54, 1.807) is 25.3 Å². The third-order valence-electron chi connectivity index (χ3n) is 4.26. The molecule has 0 saturated carbocycles. The number of aliphatic hydroxyl groups excluding tert-OH is 2. The lowest BCUT2D eigenvalue weighted by Crippen LogP contribution is -2.33. The lowest BCUT2D eigenvalue weighted by Gasteiger charge is -2.24. The Hall–Kier alpha value is -2.24. The molecule has 5 heteroatoms. The van der Waals surface area contributed by atoms with Gasteiger partial charge >= 0.3 is 5.97 Å². The normalized spacial score (nSPS) is 21.0. The first-order valence-electron chi connectivity index (χ1n) is 8.17. The minimum atomic E-state index is -0.843. The number of esters is 1. The van der Waals surface area contributed by atoms with Crippen molar-refractivity contribution in [3.63, 3.8) is 0 Å². The summed E-state index contributed by atoms with van der Waals surface area (Å²) in [7, 11) is 0. The Morgan fingerprint density at radius 3 is 2.75 bits per heavy atom. The number of fused-ring (bicyclic) bond motifs is 1. The SMILES string of the molecule is CC(O)c1ncc(/C=C/C(O)C2CCCC(=O)O2)c2ccccc12. The number of rotatable bonds is 4. The number of benzene rings is 1. The topological polar surface area (TPSA) is 79.7 Å². The zero-order valence-electron chi connectivity index (χ0n) is 13.6. The fraction of sp³-hybridized carbons (Fsp3) is 0.368. The highest BCUT2D eigenvalue weighted by Gasteiger charge is 2.25. The molecular weight excluding hydrogens is 306 g/mol. The van der Waals surface area contributed by atoms with E-state index in [0.29, 0.717) is 18.5 Å². The van der Waals surface area contributed by atoms with Crippen LogP contribution in [0.4, 0.5) is 0 Å². The maximum absolute atomic E-state index is 11.3. The molecular formula is C19H21NO4. The van der Waals surface area contributed by atoms with Crippen LogP contribution < -0.4 is 0 Å². The van der Waals surface area contributed by atoms with E-state index in [0.717, 1.165) is 22.8 Å². The van der Waals surface area contributed by atoms with Gasteiger partial charge in [0.05, 0.1) is 11.8 Å². The number of hydrogen-bond acceptors (Lipinski definition) is 5. The number of ether oxygens (including phenoxy) is 1. The molecule has 1 aromatic heterocycles. The van der Waals surface area contributed by atoms with Crippen molar-refractivity contribution in [2.24, 2.45) is 0 Å². The van der Waals surface area contributed by atoms with E-state index in [-0.39, 0.29) is 5.97 Å². The smallest absolute Gasteiger partial charge is 0.306 e. The average Bonchev–Trinajstić information content (AvgIpc) is 2.59. The molecule has 3 rings (SSSR count). The van der Waals surface area contributed by atoms with Crippen LogP contribution in [0.25, 0.3) is 16.8 Å². The van der Waals surface area contributed by atoms with Gasteiger partial charge in [-0.05, 0) is 25.2 Å². The number of aliphatic hydroxyl groups is 2. The predicted octanol–water partition coefficient (Wildman–Crippen LogP) is 2.76. The molecule has 2 heterocycles. The lowest BCUT2D eigenvalue weighted by atomic mass is 10.0. The van der Waals surface area contributed by atoms with E-state index in [2.05, 4.69) is 4.98 Å². The summed E-state index contributed by atoms with van der Waals surface area (Å²) in [5, 5.41) is 21.9. The molecule has 2 N–H and O–H groups in total. The maximum atomic E-state index is 11.3. The summed E-state index contributed by atoms with van der Waals surface area (Å²) >= 11 is 0.